The Hall–Kier alpha value is -8.20. The summed E-state index contributed by atoms with van der Waals surface area (Å²) in [5, 5.41) is 50.7. The Bertz CT molecular complexity index is 6830. The number of aryl methyl sites for hydroxylation is 2. The van der Waals surface area contributed by atoms with Gasteiger partial charge in [0.15, 0.2) is 11.5 Å². The minimum absolute atomic E-state index is 0.0584. The van der Waals surface area contributed by atoms with Gasteiger partial charge in [-0.05, 0) is 197 Å². The SMILES string of the molecule is CN=S(C)(=O)c1cc(-c2cnn(C)c2C)ccc1N.CN=S(C)(=O)c1cc(B2OC(C)(C)C(C)(C)O2)ccc1N.CN=S(C)(=O)c1cc(Br)ccc1N.CN=S(C)(=O)c1cc(Br)ccc1[N+](=O)[O-].CS(=N)(=O)c1cc(Br)ccc1[N+](=O)[O-].CS(=O)c1cc(Br)ccc1[N+](=O)[O-].CSc1cc(Br)ccc1[N+](=O)[O-].Cc1c(Br)cnn1C.FC(F)c1nc2ccc(Cl)nc2n1C1CCCCO1. The van der Waals surface area contributed by atoms with E-state index >= 15 is 0 Å². The number of hydrogen-bond donors (Lipinski definition) is 4. The summed E-state index contributed by atoms with van der Waals surface area (Å²) in [5.41, 5.74) is 23.5. The number of nitrogens with zero attached hydrogens (tertiary/aromatic N) is 15. The summed E-state index contributed by atoms with van der Waals surface area (Å²) >= 11 is 26.5. The number of anilines is 3. The molecule has 36 nitrogen and oxygen atoms in total. The Balaban J connectivity index is 0.000000269. The molecule has 2 aliphatic heterocycles. The molecule has 11 aromatic rings. The van der Waals surface area contributed by atoms with Crippen molar-refractivity contribution in [3.05, 3.63) is 242 Å². The number of halogens is 9. The summed E-state index contributed by atoms with van der Waals surface area (Å²) in [6, 6.07) is 36.9. The van der Waals surface area contributed by atoms with E-state index in [1.165, 1.54) is 111 Å². The number of benzene rings is 7. The summed E-state index contributed by atoms with van der Waals surface area (Å²) in [7, 11) is -5.09. The molecular formula is C81H99BBr6ClF2N19O17S7. The second kappa shape index (κ2) is 50.4. The largest absolute Gasteiger partial charge is 0.494 e. The first-order valence-corrected chi connectivity index (χ1v) is 56.2. The molecule has 0 saturated carbocycles. The van der Waals surface area contributed by atoms with Gasteiger partial charge in [0.2, 0.25) is 0 Å². The van der Waals surface area contributed by atoms with Gasteiger partial charge in [0.25, 0.3) is 29.2 Å². The molecular weight excluding hydrogens is 2300 g/mol. The maximum Gasteiger partial charge on any atom is 0.494 e. The Morgan fingerprint density at radius 2 is 0.978 bits per heavy atom. The number of pyridine rings is 1. The van der Waals surface area contributed by atoms with Crippen LogP contribution in [0, 0.1) is 59.1 Å². The number of rotatable bonds is 15. The molecule has 7 atom stereocenters. The molecule has 0 amide bonds. The standard InChI is InChI=1S/C14H23BN2O3S.C13H18N4OS.C12H12ClF2N3O.C8H9BrN2O3S.C8H11BrN2OS.C7H7BrN2O3S.C7H6BrNO3S.C7H6BrNO2S.C5H7BrN2/c1-13(2)14(3,4)20-15(19-13)10-7-8-11(16)12(9-10)21(6,18)17-5;1-9-11(8-16-17(9)3)10-5-6-12(14)13(7-10)19(4,18)15-2;13-8-5-4-7-11(17-8)18(12(16-7)10(14)15)9-3-1-2-6-19-9;1-10-15(2,14)8-5-6(9)3-4-7(8)11(12)13;1-11-13(2,12)8-5-6(9)3-4-7(8)10;1-14(9,13)7-4-5(8)2-3-6(7)10(11)12;1-13(12)7-4-5(8)2-3-6(7)9(10)11;1-12-7-4-5(8)2-3-6(7)9(10)11;1-4-5(6)3-7-8(4)2/h7-9H,16H2,1-6H3;5-8H,14H2,1-4H3;4-5,9-10H,1-3,6H2;3-5H,1-2H3;3-5H,10H2,1-2H3;2-4,9H,1H3;2-4H,1H3;2-4H,1H3;3H,1-2H3. The van der Waals surface area contributed by atoms with Gasteiger partial charge >= 0.3 is 7.12 Å². The van der Waals surface area contributed by atoms with E-state index in [1.54, 1.807) is 97.5 Å². The number of nitrogens with one attached hydrogen (secondary N) is 1. The van der Waals surface area contributed by atoms with E-state index in [9.17, 15) is 74.5 Å². The van der Waals surface area contributed by atoms with Crippen LogP contribution in [0.4, 0.5) is 48.6 Å². The first-order valence-electron chi connectivity index (χ1n) is 38.6. The van der Waals surface area contributed by atoms with Crippen molar-refractivity contribution in [2.24, 2.45) is 31.5 Å². The van der Waals surface area contributed by atoms with Crippen LogP contribution < -0.4 is 22.7 Å². The molecule has 728 valence electrons. The molecule has 53 heteroatoms. The second-order valence-electron chi connectivity index (χ2n) is 29.6. The molecule has 13 rings (SSSR count). The van der Waals surface area contributed by atoms with E-state index in [2.05, 4.69) is 133 Å². The fourth-order valence-electron chi connectivity index (χ4n) is 11.4. The second-order valence-corrected chi connectivity index (χ2v) is 49.4. The number of thioether (sulfide) groups is 1. The van der Waals surface area contributed by atoms with Gasteiger partial charge in [0.05, 0.1) is 127 Å². The van der Waals surface area contributed by atoms with E-state index in [-0.39, 0.29) is 53.3 Å². The number of nitrogens with two attached hydrogens (primary N) is 3. The van der Waals surface area contributed by atoms with Crippen LogP contribution in [0.2, 0.25) is 5.15 Å². The average Bonchev–Trinajstić information content (AvgIpc) is 1.62. The lowest BCUT2D eigenvalue weighted by Gasteiger charge is -2.32. The number of nitrogen functional groups attached to an aromatic ring is 3. The number of alkyl halides is 2. The monoisotopic (exact) mass is 2390 g/mol. The summed E-state index contributed by atoms with van der Waals surface area (Å²) in [5.74, 6) is -0.309. The Labute approximate surface area is 839 Å². The van der Waals surface area contributed by atoms with Gasteiger partial charge in [-0.3, -0.25) is 58.6 Å². The molecule has 2 fully saturated rings. The molecule has 0 bridgehead atoms. The van der Waals surface area contributed by atoms with Crippen LogP contribution >= 0.6 is 119 Å². The van der Waals surface area contributed by atoms with Crippen LogP contribution in [0.3, 0.4) is 0 Å². The van der Waals surface area contributed by atoms with Crippen molar-refractivity contribution in [2.75, 3.05) is 95.8 Å². The van der Waals surface area contributed by atoms with Gasteiger partial charge in [-0.25, -0.2) is 62.0 Å². The summed E-state index contributed by atoms with van der Waals surface area (Å²) in [4.78, 5) is 50.9. The highest BCUT2D eigenvalue weighted by Gasteiger charge is 2.52. The number of nitro groups is 4. The first-order chi connectivity index (χ1) is 62.1. The third-order valence-electron chi connectivity index (χ3n) is 19.9. The first kappa shape index (κ1) is 116. The van der Waals surface area contributed by atoms with Crippen molar-refractivity contribution in [2.45, 2.75) is 119 Å². The van der Waals surface area contributed by atoms with Gasteiger partial charge in [-0.15, -0.1) is 11.8 Å². The number of nitro benzene ring substituents is 4. The van der Waals surface area contributed by atoms with Crippen molar-refractivity contribution < 1.29 is 67.8 Å². The molecule has 134 heavy (non-hydrogen) atoms. The molecule has 7 aromatic carbocycles. The van der Waals surface area contributed by atoms with E-state index in [1.807, 2.05) is 90.8 Å². The molecule has 0 radical (unpaired) electrons. The lowest BCUT2D eigenvalue weighted by molar-refractivity contribution is -0.388. The average molecular weight is 2400 g/mol. The predicted molar refractivity (Wildman–Crippen MR) is 550 cm³/mol. The highest BCUT2D eigenvalue weighted by Crippen LogP contribution is 2.39. The van der Waals surface area contributed by atoms with E-state index in [0.29, 0.717) is 74.3 Å². The van der Waals surface area contributed by atoms with Crippen LogP contribution in [-0.4, -0.2) is 176 Å². The third kappa shape index (κ3) is 32.2. The van der Waals surface area contributed by atoms with Gasteiger partial charge < -0.3 is 31.2 Å². The fraction of sp³-hybridized carbons (Fsp3) is 0.333. The molecule has 2 aliphatic rings. The molecule has 7 unspecified atom stereocenters. The number of imidazole rings is 1. The maximum atomic E-state index is 13.1. The normalized spacial score (nSPS) is 15.7. The zero-order valence-corrected chi connectivity index (χ0v) is 91.6. The summed E-state index contributed by atoms with van der Waals surface area (Å²) < 4.78 is 147. The van der Waals surface area contributed by atoms with Gasteiger partial charge in [0.1, 0.15) is 31.6 Å². The van der Waals surface area contributed by atoms with Crippen molar-refractivity contribution in [1.29, 1.82) is 4.78 Å². The minimum Gasteiger partial charge on any atom is -0.399 e. The van der Waals surface area contributed by atoms with Gasteiger partial charge in [0, 0.05) is 167 Å². The lowest BCUT2D eigenvalue weighted by atomic mass is 9.79. The fourth-order valence-corrected chi connectivity index (χ4v) is 20.9. The predicted octanol–water partition coefficient (Wildman–Crippen LogP) is 21.1. The number of fused-ring (bicyclic) bond motifs is 1. The van der Waals surface area contributed by atoms with Crippen molar-refractivity contribution in [3.63, 3.8) is 0 Å². The van der Waals surface area contributed by atoms with E-state index < -0.39 is 105 Å². The highest BCUT2D eigenvalue weighted by molar-refractivity contribution is 9.11. The van der Waals surface area contributed by atoms with Crippen LogP contribution in [-0.2, 0) is 87.6 Å². The zero-order chi connectivity index (χ0) is 102. The Morgan fingerprint density at radius 3 is 1.40 bits per heavy atom. The quantitative estimate of drug-likeness (QED) is 0.0185. The molecule has 6 heterocycles. The summed E-state index contributed by atoms with van der Waals surface area (Å²) in [6.45, 7) is 12.5. The van der Waals surface area contributed by atoms with Crippen molar-refractivity contribution in [1.82, 2.24) is 34.1 Å². The third-order valence-corrected chi connectivity index (χ3v) is 33.7. The van der Waals surface area contributed by atoms with Crippen LogP contribution in [0.25, 0.3) is 22.3 Å². The molecule has 0 spiro atoms. The lowest BCUT2D eigenvalue weighted by Crippen LogP contribution is -2.41. The van der Waals surface area contributed by atoms with E-state index in [0.717, 1.165) is 60.5 Å². The van der Waals surface area contributed by atoms with Crippen molar-refractivity contribution >= 4 is 242 Å². The number of ether oxygens (including phenoxy) is 1. The van der Waals surface area contributed by atoms with Crippen LogP contribution in [0.1, 0.15) is 76.8 Å². The van der Waals surface area contributed by atoms with Crippen LogP contribution in [0.5, 0.6) is 0 Å². The maximum absolute atomic E-state index is 13.1. The van der Waals surface area contributed by atoms with Crippen LogP contribution in [0.15, 0.2) is 230 Å². The summed E-state index contributed by atoms with van der Waals surface area (Å²) in [6.07, 6.45) is 13.5. The molecule has 0 aliphatic carbocycles. The van der Waals surface area contributed by atoms with Gasteiger partial charge in [-0.2, -0.15) is 10.2 Å². The van der Waals surface area contributed by atoms with Gasteiger partial charge in [-0.1, -0.05) is 103 Å². The van der Waals surface area contributed by atoms with Crippen molar-refractivity contribution in [3.8, 4) is 11.1 Å². The number of aromatic nitrogens is 7. The smallest absolute Gasteiger partial charge is 0.399 e. The zero-order valence-electron chi connectivity index (χ0n) is 75.6. The number of hydrogen-bond acceptors (Lipinski definition) is 30. The Kier molecular flexibility index (Phi) is 43.8. The molecule has 2 saturated heterocycles. The topological polar surface area (TPSA) is 520 Å². The molecule has 7 N–H and O–H groups in total. The Morgan fingerprint density at radius 1 is 0.567 bits per heavy atom. The highest BCUT2D eigenvalue weighted by atomic mass is 79.9. The van der Waals surface area contributed by atoms with E-state index in [4.69, 9.17) is 47.6 Å². The molecule has 4 aromatic heterocycles. The minimum atomic E-state index is -3.07.